The number of carboxylic acid groups (broad SMARTS) is 1. The Labute approximate surface area is 451 Å². The number of esters is 1. The molecule has 0 amide bonds. The minimum atomic E-state index is -1.16. The fraction of sp³-hybridized carbons (Fsp3) is 0.0612. The second-order valence-electron chi connectivity index (χ2n) is 15.7. The lowest BCUT2D eigenvalue weighted by molar-refractivity contribution is 0.0599. The van der Waals surface area contributed by atoms with Crippen molar-refractivity contribution >= 4 is 173 Å². The number of hydrogen-bond acceptors (Lipinski definition) is 3. The predicted octanol–water partition coefficient (Wildman–Crippen LogP) is 14.2. The van der Waals surface area contributed by atoms with E-state index >= 15 is 0 Å². The number of halogens is 12. The molecule has 8 aromatic rings. The number of carbonyl (C=O) groups is 2. The summed E-state index contributed by atoms with van der Waals surface area (Å²) >= 11 is 87.4. The fourth-order valence-corrected chi connectivity index (χ4v) is 11.8. The van der Waals surface area contributed by atoms with Crippen molar-refractivity contribution in [2.75, 3.05) is 7.11 Å². The lowest BCUT2D eigenvalue weighted by Crippen LogP contribution is -2.20. The Morgan fingerprint density at radius 2 is 0.710 bits per heavy atom. The third-order valence-corrected chi connectivity index (χ3v) is 16.0. The van der Waals surface area contributed by atoms with Gasteiger partial charge in [0.05, 0.1) is 123 Å². The Balaban J connectivity index is 1.59. The number of aryl methyl sites for hydroxylation is 2. The first-order valence-corrected chi connectivity index (χ1v) is 24.5. The van der Waals surface area contributed by atoms with Crippen LogP contribution in [0.5, 0.6) is 0 Å². The van der Waals surface area contributed by atoms with Crippen molar-refractivity contribution in [3.63, 3.8) is 0 Å². The quantitative estimate of drug-likeness (QED) is 0.106. The van der Waals surface area contributed by atoms with Gasteiger partial charge in [0, 0.05) is 33.4 Å². The molecule has 0 radical (unpaired) electrons. The summed E-state index contributed by atoms with van der Waals surface area (Å²) in [7, 11) is 1.27. The molecule has 1 aliphatic rings. The van der Waals surface area contributed by atoms with Crippen LogP contribution in [-0.2, 0) is 4.74 Å². The average molecular weight is 1160 g/mol. The van der Waals surface area contributed by atoms with E-state index in [1.54, 1.807) is 60.7 Å². The zero-order valence-corrected chi connectivity index (χ0v) is 44.2. The maximum atomic E-state index is 12.7. The lowest BCUT2D eigenvalue weighted by Gasteiger charge is -2.13. The number of H-pyrrole nitrogens is 4. The van der Waals surface area contributed by atoms with Gasteiger partial charge in [0.25, 0.3) is 0 Å². The van der Waals surface area contributed by atoms with Crippen LogP contribution in [0, 0.1) is 13.8 Å². The van der Waals surface area contributed by atoms with Crippen molar-refractivity contribution in [2.45, 2.75) is 13.8 Å². The number of ether oxygens (including phenoxy) is 1. The van der Waals surface area contributed by atoms with E-state index in [1.165, 1.54) is 19.2 Å². The largest absolute Gasteiger partial charge is 0.478 e. The highest BCUT2D eigenvalue weighted by molar-refractivity contribution is 6.47. The molecule has 4 aromatic carbocycles. The van der Waals surface area contributed by atoms with Crippen molar-refractivity contribution in [1.82, 2.24) is 19.9 Å². The first-order valence-electron chi connectivity index (χ1n) is 20.0. The molecule has 0 atom stereocenters. The number of aromatic nitrogens is 4. The van der Waals surface area contributed by atoms with Crippen LogP contribution < -0.4 is 21.4 Å². The number of carboxylic acids is 1. The van der Waals surface area contributed by atoms with Crippen molar-refractivity contribution in [1.29, 1.82) is 0 Å². The molecular formula is C49H26Cl12N4O4. The minimum absolute atomic E-state index is 0.000217. The van der Waals surface area contributed by atoms with E-state index in [2.05, 4.69) is 19.9 Å². The van der Waals surface area contributed by atoms with E-state index < -0.39 is 11.9 Å². The predicted molar refractivity (Wildman–Crippen MR) is 282 cm³/mol. The smallest absolute Gasteiger partial charge is 0.337 e. The summed E-state index contributed by atoms with van der Waals surface area (Å²) < 4.78 is 4.98. The average Bonchev–Trinajstić information content (AvgIpc) is 3.97. The van der Waals surface area contributed by atoms with E-state index in [4.69, 9.17) is 144 Å². The standard InChI is InChI=1S/C49H26Cl12N4O4/c1-16-12-22(50)28(23(51)13-16)30-44-36(58)32(54)40(62-44)26(18-4-8-20(9-5-18)48(66)67)41-33(55)37(59)45(63-41)31(29-24(52)14-17(2)15-25(29)53)47-39(61)35(57)43(65-47)27(42-34(56)38(60)46(30)64-42)19-6-10-21(11-7-19)49(68)69-3/h4-15,62-65H,1-3H3,(H,66,67). The second-order valence-corrected chi connectivity index (χ2v) is 20.3. The van der Waals surface area contributed by atoms with Gasteiger partial charge in [-0.05, 0) is 84.6 Å². The summed E-state index contributed by atoms with van der Waals surface area (Å²) in [5, 5.41) is 11.3. The summed E-state index contributed by atoms with van der Waals surface area (Å²) in [6, 6.07) is 19.2. The highest BCUT2D eigenvalue weighted by atomic mass is 35.5. The zero-order chi connectivity index (χ0) is 49.7. The number of aromatic amines is 4. The van der Waals surface area contributed by atoms with E-state index in [1.807, 2.05) is 13.8 Å². The molecule has 8 nitrogen and oxygen atoms in total. The molecule has 8 bridgehead atoms. The molecule has 0 aliphatic carbocycles. The zero-order valence-electron chi connectivity index (χ0n) is 35.1. The van der Waals surface area contributed by atoms with Gasteiger partial charge >= 0.3 is 11.9 Å². The highest BCUT2D eigenvalue weighted by Crippen LogP contribution is 2.45. The highest BCUT2D eigenvalue weighted by Gasteiger charge is 2.32. The first kappa shape index (κ1) is 49.9. The number of rotatable bonds is 6. The van der Waals surface area contributed by atoms with Crippen LogP contribution in [0.3, 0.4) is 0 Å². The van der Waals surface area contributed by atoms with Gasteiger partial charge in [0.1, 0.15) is 0 Å². The molecule has 1 aliphatic heterocycles. The van der Waals surface area contributed by atoms with Crippen LogP contribution in [0.4, 0.5) is 0 Å². The molecule has 0 saturated carbocycles. The summed E-state index contributed by atoms with van der Waals surface area (Å²) in [5.41, 5.74) is 4.89. The Morgan fingerprint density at radius 3 is 1.01 bits per heavy atom. The molecule has 0 unspecified atom stereocenters. The molecule has 9 rings (SSSR count). The van der Waals surface area contributed by atoms with Gasteiger partial charge in [-0.25, -0.2) is 9.59 Å². The maximum Gasteiger partial charge on any atom is 0.337 e. The number of nitrogens with one attached hydrogen (secondary N) is 4. The molecule has 69 heavy (non-hydrogen) atoms. The molecule has 4 aromatic heterocycles. The van der Waals surface area contributed by atoms with Crippen molar-refractivity contribution in [3.05, 3.63) is 222 Å². The van der Waals surface area contributed by atoms with Crippen molar-refractivity contribution in [2.24, 2.45) is 0 Å². The van der Waals surface area contributed by atoms with Gasteiger partial charge in [0.2, 0.25) is 0 Å². The van der Waals surface area contributed by atoms with Crippen LogP contribution in [0.2, 0.25) is 60.3 Å². The Bertz CT molecular complexity index is 3760. The van der Waals surface area contributed by atoms with Crippen LogP contribution in [0.15, 0.2) is 72.8 Å². The van der Waals surface area contributed by atoms with Gasteiger partial charge in [-0.3, -0.25) is 0 Å². The lowest BCUT2D eigenvalue weighted by atomic mass is 10.0. The van der Waals surface area contributed by atoms with E-state index in [9.17, 15) is 14.7 Å². The third-order valence-electron chi connectivity index (χ3n) is 11.4. The van der Waals surface area contributed by atoms with E-state index in [0.29, 0.717) is 16.7 Å². The fourth-order valence-electron chi connectivity index (χ4n) is 8.32. The number of fused-ring (bicyclic) bond motifs is 8. The first-order chi connectivity index (χ1) is 32.7. The summed E-state index contributed by atoms with van der Waals surface area (Å²) in [6.45, 7) is 3.65. The normalized spacial score (nSPS) is 12.6. The Hall–Kier alpha value is -4.10. The molecule has 5 N–H and O–H groups in total. The summed E-state index contributed by atoms with van der Waals surface area (Å²) in [6.07, 6.45) is 0. The van der Waals surface area contributed by atoms with E-state index in [-0.39, 0.29) is 143 Å². The van der Waals surface area contributed by atoms with Crippen LogP contribution in [0.1, 0.15) is 76.9 Å². The number of hydrogen-bond donors (Lipinski definition) is 5. The SMILES string of the molecule is COC(=O)c1ccc(C2=c3[nH]c(c(Cl)c3Cl)=C(c3c(Cl)cc(C)cc3Cl)c3[nH]c(c(Cl)c3Cl)C(c3ccc(C(=O)O)cc3)=c3[nH]c(c(Cl)c3Cl)=C(c3c(Cl)cc(C)cc3Cl)c3[nH]c2c(Cl)c3Cl)cc1. The van der Waals surface area contributed by atoms with Crippen LogP contribution >= 0.6 is 139 Å². The Kier molecular flexibility index (Phi) is 13.8. The number of aromatic carboxylic acids is 1. The molecule has 350 valence electrons. The van der Waals surface area contributed by atoms with Gasteiger partial charge in [0.15, 0.2) is 0 Å². The molecule has 5 heterocycles. The topological polar surface area (TPSA) is 127 Å². The number of methoxy groups -OCH3 is 1. The van der Waals surface area contributed by atoms with Crippen LogP contribution in [-0.4, -0.2) is 44.1 Å². The Morgan fingerprint density at radius 1 is 0.420 bits per heavy atom. The molecular weight excluding hydrogens is 1130 g/mol. The number of carbonyl (C=O) groups excluding carboxylic acids is 1. The van der Waals surface area contributed by atoms with Crippen molar-refractivity contribution in [3.8, 4) is 0 Å². The summed E-state index contributed by atoms with van der Waals surface area (Å²) in [4.78, 5) is 38.5. The van der Waals surface area contributed by atoms with Gasteiger partial charge in [-0.1, -0.05) is 163 Å². The molecule has 0 fully saturated rings. The third kappa shape index (κ3) is 8.48. The molecule has 20 heteroatoms. The second kappa shape index (κ2) is 19.1. The minimum Gasteiger partial charge on any atom is -0.478 e. The van der Waals surface area contributed by atoms with Gasteiger partial charge in [-0.15, -0.1) is 0 Å². The van der Waals surface area contributed by atoms with Gasteiger partial charge < -0.3 is 29.8 Å². The molecule has 0 spiro atoms. The van der Waals surface area contributed by atoms with E-state index in [0.717, 1.165) is 11.1 Å². The summed E-state index contributed by atoms with van der Waals surface area (Å²) in [5.74, 6) is -1.74. The monoisotopic (exact) mass is 1150 g/mol. The van der Waals surface area contributed by atoms with Crippen LogP contribution in [0.25, 0.3) is 22.3 Å². The molecule has 0 saturated heterocycles. The van der Waals surface area contributed by atoms with Gasteiger partial charge in [-0.2, -0.15) is 0 Å². The number of benzene rings is 4. The maximum absolute atomic E-state index is 12.7. The van der Waals surface area contributed by atoms with Crippen molar-refractivity contribution < 1.29 is 19.4 Å².